The van der Waals surface area contributed by atoms with Crippen LogP contribution >= 0.6 is 0 Å². The molecule has 2 aromatic rings. The lowest BCUT2D eigenvalue weighted by Gasteiger charge is -2.08. The van der Waals surface area contributed by atoms with Crippen LogP contribution in [0.25, 0.3) is 0 Å². The van der Waals surface area contributed by atoms with E-state index in [1.165, 1.54) is 9.13 Å². The van der Waals surface area contributed by atoms with Crippen LogP contribution in [0.5, 0.6) is 0 Å². The SMILES string of the molecule is CCCNc1cccc(Cn2ccn(C)c(=O)c2=O)n1. The third kappa shape index (κ3) is 3.14. The van der Waals surface area contributed by atoms with Crippen molar-refractivity contribution in [1.29, 1.82) is 0 Å². The van der Waals surface area contributed by atoms with Crippen molar-refractivity contribution in [3.05, 3.63) is 57.0 Å². The van der Waals surface area contributed by atoms with Crippen LogP contribution in [0.2, 0.25) is 0 Å². The molecule has 2 rings (SSSR count). The lowest BCUT2D eigenvalue weighted by molar-refractivity contribution is 0.684. The third-order valence-corrected chi connectivity index (χ3v) is 2.93. The van der Waals surface area contributed by atoms with Gasteiger partial charge in [0.15, 0.2) is 0 Å². The fourth-order valence-electron chi connectivity index (χ4n) is 1.81. The second-order valence-electron chi connectivity index (χ2n) is 4.59. The summed E-state index contributed by atoms with van der Waals surface area (Å²) in [7, 11) is 1.56. The predicted molar refractivity (Wildman–Crippen MR) is 78.1 cm³/mol. The van der Waals surface area contributed by atoms with Crippen molar-refractivity contribution in [3.8, 4) is 0 Å². The molecule has 0 radical (unpaired) electrons. The predicted octanol–water partition coefficient (Wildman–Crippen LogP) is 0.812. The summed E-state index contributed by atoms with van der Waals surface area (Å²) in [5.41, 5.74) is -0.335. The first-order chi connectivity index (χ1) is 9.61. The van der Waals surface area contributed by atoms with Gasteiger partial charge in [-0.2, -0.15) is 0 Å². The molecule has 106 valence electrons. The van der Waals surface area contributed by atoms with Gasteiger partial charge in [-0.1, -0.05) is 13.0 Å². The molecule has 2 heterocycles. The van der Waals surface area contributed by atoms with Gasteiger partial charge in [0.2, 0.25) is 0 Å². The summed E-state index contributed by atoms with van der Waals surface area (Å²) in [6.45, 7) is 3.22. The minimum atomic E-state index is -0.538. The molecule has 0 unspecified atom stereocenters. The fraction of sp³-hybridized carbons (Fsp3) is 0.357. The van der Waals surface area contributed by atoms with E-state index < -0.39 is 11.1 Å². The molecule has 0 aliphatic heterocycles. The number of nitrogens with zero attached hydrogens (tertiary/aromatic N) is 3. The second kappa shape index (κ2) is 6.18. The van der Waals surface area contributed by atoms with E-state index >= 15 is 0 Å². The summed E-state index contributed by atoms with van der Waals surface area (Å²) in [5.74, 6) is 0.779. The lowest BCUT2D eigenvalue weighted by Crippen LogP contribution is -2.39. The Kier molecular flexibility index (Phi) is 4.34. The number of aromatic nitrogens is 3. The van der Waals surface area contributed by atoms with Crippen LogP contribution in [0, 0.1) is 0 Å². The Labute approximate surface area is 116 Å². The molecule has 0 saturated carbocycles. The van der Waals surface area contributed by atoms with Crippen LogP contribution in [-0.2, 0) is 13.6 Å². The highest BCUT2D eigenvalue weighted by Gasteiger charge is 2.04. The molecule has 0 bridgehead atoms. The highest BCUT2D eigenvalue weighted by molar-refractivity contribution is 5.35. The third-order valence-electron chi connectivity index (χ3n) is 2.93. The van der Waals surface area contributed by atoms with E-state index in [0.29, 0.717) is 0 Å². The molecule has 6 heteroatoms. The maximum absolute atomic E-state index is 11.8. The van der Waals surface area contributed by atoms with Crippen molar-refractivity contribution >= 4 is 5.82 Å². The van der Waals surface area contributed by atoms with Gasteiger partial charge in [0, 0.05) is 26.0 Å². The highest BCUT2D eigenvalue weighted by Crippen LogP contribution is 2.05. The normalized spacial score (nSPS) is 10.5. The van der Waals surface area contributed by atoms with Crippen molar-refractivity contribution in [2.45, 2.75) is 19.9 Å². The molecule has 20 heavy (non-hydrogen) atoms. The number of aryl methyl sites for hydroxylation is 1. The summed E-state index contributed by atoms with van der Waals surface area (Å²) in [5, 5.41) is 3.19. The molecule has 0 fully saturated rings. The van der Waals surface area contributed by atoms with Gasteiger partial charge < -0.3 is 14.5 Å². The maximum Gasteiger partial charge on any atom is 0.316 e. The van der Waals surface area contributed by atoms with Gasteiger partial charge in [-0.3, -0.25) is 9.59 Å². The van der Waals surface area contributed by atoms with Gasteiger partial charge in [-0.25, -0.2) is 4.98 Å². The molecule has 0 aromatic carbocycles. The van der Waals surface area contributed by atoms with Crippen molar-refractivity contribution in [2.75, 3.05) is 11.9 Å². The van der Waals surface area contributed by atoms with Crippen LogP contribution in [0.1, 0.15) is 19.0 Å². The van der Waals surface area contributed by atoms with Crippen LogP contribution < -0.4 is 16.4 Å². The average molecular weight is 274 g/mol. The van der Waals surface area contributed by atoms with Gasteiger partial charge in [0.1, 0.15) is 5.82 Å². The molecular weight excluding hydrogens is 256 g/mol. The molecule has 0 aliphatic carbocycles. The molecule has 0 atom stereocenters. The molecule has 0 amide bonds. The van der Waals surface area contributed by atoms with E-state index in [-0.39, 0.29) is 6.54 Å². The number of hydrogen-bond acceptors (Lipinski definition) is 4. The number of nitrogens with one attached hydrogen (secondary N) is 1. The maximum atomic E-state index is 11.8. The number of anilines is 1. The van der Waals surface area contributed by atoms with Gasteiger partial charge in [-0.05, 0) is 18.6 Å². The topological polar surface area (TPSA) is 68.9 Å². The summed E-state index contributed by atoms with van der Waals surface area (Å²) in [6, 6.07) is 5.60. The Hall–Kier alpha value is -2.37. The number of pyridine rings is 1. The molecule has 1 N–H and O–H groups in total. The monoisotopic (exact) mass is 274 g/mol. The fourth-order valence-corrected chi connectivity index (χ4v) is 1.81. The van der Waals surface area contributed by atoms with E-state index in [9.17, 15) is 9.59 Å². The zero-order valence-corrected chi connectivity index (χ0v) is 11.7. The summed E-state index contributed by atoms with van der Waals surface area (Å²) < 4.78 is 2.64. The first kappa shape index (κ1) is 14.0. The van der Waals surface area contributed by atoms with E-state index in [2.05, 4.69) is 17.2 Å². The zero-order valence-electron chi connectivity index (χ0n) is 11.7. The number of hydrogen-bond donors (Lipinski definition) is 1. The Balaban J connectivity index is 2.24. The first-order valence-corrected chi connectivity index (χ1v) is 6.57. The Morgan fingerprint density at radius 3 is 2.75 bits per heavy atom. The molecule has 6 nitrogen and oxygen atoms in total. The van der Waals surface area contributed by atoms with Crippen LogP contribution in [0.4, 0.5) is 5.82 Å². The molecular formula is C14H18N4O2. The lowest BCUT2D eigenvalue weighted by atomic mass is 10.3. The quantitative estimate of drug-likeness (QED) is 0.819. The summed E-state index contributed by atoms with van der Waals surface area (Å²) >= 11 is 0. The Morgan fingerprint density at radius 2 is 2.00 bits per heavy atom. The number of rotatable bonds is 5. The molecule has 2 aromatic heterocycles. The summed E-state index contributed by atoms with van der Waals surface area (Å²) in [6.07, 6.45) is 4.18. The zero-order chi connectivity index (χ0) is 14.5. The van der Waals surface area contributed by atoms with Crippen LogP contribution in [0.3, 0.4) is 0 Å². The van der Waals surface area contributed by atoms with Crippen LogP contribution in [0.15, 0.2) is 40.2 Å². The smallest absolute Gasteiger partial charge is 0.316 e. The van der Waals surface area contributed by atoms with Gasteiger partial charge in [0.05, 0.1) is 12.2 Å². The first-order valence-electron chi connectivity index (χ1n) is 6.57. The summed E-state index contributed by atoms with van der Waals surface area (Å²) in [4.78, 5) is 27.8. The minimum absolute atomic E-state index is 0.288. The van der Waals surface area contributed by atoms with E-state index in [0.717, 1.165) is 24.5 Å². The van der Waals surface area contributed by atoms with E-state index in [1.807, 2.05) is 18.2 Å². The Bertz CT molecular complexity index is 703. The van der Waals surface area contributed by atoms with Crippen LogP contribution in [-0.4, -0.2) is 20.7 Å². The average Bonchev–Trinajstić information content (AvgIpc) is 2.46. The standard InChI is InChI=1S/C14H18N4O2/c1-3-7-15-12-6-4-5-11(16-12)10-18-9-8-17(2)13(19)14(18)20/h4-6,8-9H,3,7,10H2,1-2H3,(H,15,16). The van der Waals surface area contributed by atoms with Gasteiger partial charge >= 0.3 is 11.1 Å². The van der Waals surface area contributed by atoms with Gasteiger partial charge in [-0.15, -0.1) is 0 Å². The second-order valence-corrected chi connectivity index (χ2v) is 4.59. The van der Waals surface area contributed by atoms with E-state index in [4.69, 9.17) is 0 Å². The molecule has 0 saturated heterocycles. The van der Waals surface area contributed by atoms with Crippen molar-refractivity contribution < 1.29 is 0 Å². The van der Waals surface area contributed by atoms with E-state index in [1.54, 1.807) is 19.4 Å². The minimum Gasteiger partial charge on any atom is -0.370 e. The Morgan fingerprint density at radius 1 is 1.20 bits per heavy atom. The van der Waals surface area contributed by atoms with Crippen molar-refractivity contribution in [3.63, 3.8) is 0 Å². The van der Waals surface area contributed by atoms with Gasteiger partial charge in [0.25, 0.3) is 0 Å². The highest BCUT2D eigenvalue weighted by atomic mass is 16.2. The largest absolute Gasteiger partial charge is 0.370 e. The van der Waals surface area contributed by atoms with Crippen molar-refractivity contribution in [2.24, 2.45) is 7.05 Å². The molecule has 0 aliphatic rings. The molecule has 0 spiro atoms. The van der Waals surface area contributed by atoms with Crippen molar-refractivity contribution in [1.82, 2.24) is 14.1 Å².